The lowest BCUT2D eigenvalue weighted by molar-refractivity contribution is 0.0949. The van der Waals surface area contributed by atoms with Gasteiger partial charge >= 0.3 is 0 Å². The number of carbonyl (C=O) groups is 1. The van der Waals surface area contributed by atoms with Crippen molar-refractivity contribution < 1.29 is 4.79 Å². The number of hydrazone groups is 1. The molecule has 4 aromatic rings. The predicted molar refractivity (Wildman–Crippen MR) is 119 cm³/mol. The largest absolute Gasteiger partial charge is 0.292 e. The average molecular weight is 396 g/mol. The number of carbonyl (C=O) groups excluding carboxylic acids is 1. The fraction of sp³-hybridized carbons (Fsp3) is 0.0833. The maximum atomic E-state index is 12.7. The molecule has 1 amide bonds. The van der Waals surface area contributed by atoms with Crippen LogP contribution in [0.25, 0.3) is 21.9 Å². The van der Waals surface area contributed by atoms with E-state index in [1.165, 1.54) is 7.05 Å². The van der Waals surface area contributed by atoms with E-state index < -0.39 is 5.91 Å². The van der Waals surface area contributed by atoms with Gasteiger partial charge in [0.25, 0.3) is 11.5 Å². The van der Waals surface area contributed by atoms with Crippen LogP contribution < -0.4 is 11.0 Å². The van der Waals surface area contributed by atoms with Crippen LogP contribution in [0.4, 0.5) is 0 Å². The van der Waals surface area contributed by atoms with Gasteiger partial charge in [0.2, 0.25) is 0 Å². The van der Waals surface area contributed by atoms with E-state index in [9.17, 15) is 9.59 Å². The zero-order valence-corrected chi connectivity index (χ0v) is 16.7. The van der Waals surface area contributed by atoms with E-state index in [2.05, 4.69) is 27.8 Å². The van der Waals surface area contributed by atoms with Crippen molar-refractivity contribution in [3.63, 3.8) is 0 Å². The van der Waals surface area contributed by atoms with Crippen molar-refractivity contribution in [2.24, 2.45) is 12.1 Å². The molecule has 0 radical (unpaired) electrons. The summed E-state index contributed by atoms with van der Waals surface area (Å²) in [6.45, 7) is 1.82. The smallest absolute Gasteiger partial charge is 0.267 e. The van der Waals surface area contributed by atoms with E-state index in [1.54, 1.807) is 24.3 Å². The SMILES string of the molecule is CC(=NNC(=O)c1nn(C)c(=O)c2ccccc12)c1ccc(-c2ccccc2)cc1. The van der Waals surface area contributed by atoms with E-state index >= 15 is 0 Å². The minimum atomic E-state index is -0.470. The highest BCUT2D eigenvalue weighted by Crippen LogP contribution is 2.19. The second-order valence-corrected chi connectivity index (χ2v) is 6.90. The molecule has 0 saturated carbocycles. The molecule has 6 nitrogen and oxygen atoms in total. The van der Waals surface area contributed by atoms with Gasteiger partial charge in [-0.25, -0.2) is 10.1 Å². The first kappa shape index (κ1) is 19.3. The van der Waals surface area contributed by atoms with Gasteiger partial charge in [-0.15, -0.1) is 0 Å². The zero-order chi connectivity index (χ0) is 21.1. The molecule has 0 atom stereocenters. The first-order chi connectivity index (χ1) is 14.5. The van der Waals surface area contributed by atoms with E-state index in [0.29, 0.717) is 16.5 Å². The number of amides is 1. The van der Waals surface area contributed by atoms with Gasteiger partial charge in [0.15, 0.2) is 5.69 Å². The minimum Gasteiger partial charge on any atom is -0.267 e. The summed E-state index contributed by atoms with van der Waals surface area (Å²) in [5, 5.41) is 9.28. The third kappa shape index (κ3) is 3.75. The highest BCUT2D eigenvalue weighted by molar-refractivity contribution is 6.06. The van der Waals surface area contributed by atoms with E-state index in [-0.39, 0.29) is 11.3 Å². The van der Waals surface area contributed by atoms with Gasteiger partial charge in [-0.05, 0) is 29.7 Å². The number of benzene rings is 3. The number of hydrogen-bond acceptors (Lipinski definition) is 4. The molecule has 1 heterocycles. The number of nitrogens with zero attached hydrogens (tertiary/aromatic N) is 3. The van der Waals surface area contributed by atoms with Crippen molar-refractivity contribution in [3.8, 4) is 11.1 Å². The summed E-state index contributed by atoms with van der Waals surface area (Å²) < 4.78 is 1.16. The molecule has 148 valence electrons. The second kappa shape index (κ2) is 8.13. The average Bonchev–Trinajstić information content (AvgIpc) is 2.80. The Morgan fingerprint density at radius 3 is 2.17 bits per heavy atom. The van der Waals surface area contributed by atoms with Crippen molar-refractivity contribution in [3.05, 3.63) is 100 Å². The fourth-order valence-electron chi connectivity index (χ4n) is 3.25. The van der Waals surface area contributed by atoms with Crippen LogP contribution in [0.5, 0.6) is 0 Å². The van der Waals surface area contributed by atoms with Crippen molar-refractivity contribution in [2.45, 2.75) is 6.92 Å². The Kier molecular flexibility index (Phi) is 5.22. The molecular weight excluding hydrogens is 376 g/mol. The fourth-order valence-corrected chi connectivity index (χ4v) is 3.25. The van der Waals surface area contributed by atoms with Crippen LogP contribution in [0.3, 0.4) is 0 Å². The van der Waals surface area contributed by atoms with Gasteiger partial charge in [-0.2, -0.15) is 10.2 Å². The van der Waals surface area contributed by atoms with Gasteiger partial charge in [0.1, 0.15) is 0 Å². The summed E-state index contributed by atoms with van der Waals surface area (Å²) in [5.41, 5.74) is 6.27. The molecule has 4 rings (SSSR count). The molecule has 0 bridgehead atoms. The van der Waals surface area contributed by atoms with Crippen molar-refractivity contribution in [1.82, 2.24) is 15.2 Å². The Labute approximate surface area is 173 Å². The number of fused-ring (bicyclic) bond motifs is 1. The normalized spacial score (nSPS) is 11.5. The lowest BCUT2D eigenvalue weighted by atomic mass is 10.0. The first-order valence-corrected chi connectivity index (χ1v) is 9.51. The van der Waals surface area contributed by atoms with E-state index in [0.717, 1.165) is 21.4 Å². The van der Waals surface area contributed by atoms with Crippen molar-refractivity contribution >= 4 is 22.4 Å². The van der Waals surface area contributed by atoms with Gasteiger partial charge in [-0.3, -0.25) is 9.59 Å². The lowest BCUT2D eigenvalue weighted by Crippen LogP contribution is -2.27. The molecule has 30 heavy (non-hydrogen) atoms. The Morgan fingerprint density at radius 1 is 0.867 bits per heavy atom. The van der Waals surface area contributed by atoms with Crippen molar-refractivity contribution in [1.29, 1.82) is 0 Å². The summed E-state index contributed by atoms with van der Waals surface area (Å²) in [6, 6.07) is 25.0. The Bertz CT molecular complexity index is 1310. The van der Waals surface area contributed by atoms with Crippen molar-refractivity contribution in [2.75, 3.05) is 0 Å². The Hall–Kier alpha value is -4.06. The van der Waals surface area contributed by atoms with Crippen LogP contribution in [-0.2, 0) is 7.05 Å². The third-order valence-electron chi connectivity index (χ3n) is 4.91. The molecule has 6 heteroatoms. The number of hydrogen-bond donors (Lipinski definition) is 1. The first-order valence-electron chi connectivity index (χ1n) is 9.51. The molecule has 0 aliphatic carbocycles. The molecule has 0 spiro atoms. The molecule has 0 fully saturated rings. The highest BCUT2D eigenvalue weighted by Gasteiger charge is 2.15. The van der Waals surface area contributed by atoms with Gasteiger partial charge in [0.05, 0.1) is 11.1 Å². The molecule has 3 aromatic carbocycles. The molecule has 0 aliphatic rings. The van der Waals surface area contributed by atoms with Crippen LogP contribution in [0.15, 0.2) is 88.8 Å². The van der Waals surface area contributed by atoms with E-state index in [4.69, 9.17) is 0 Å². The van der Waals surface area contributed by atoms with Crippen LogP contribution >= 0.6 is 0 Å². The maximum Gasteiger partial charge on any atom is 0.292 e. The lowest BCUT2D eigenvalue weighted by Gasteiger charge is -2.08. The third-order valence-corrected chi connectivity index (χ3v) is 4.91. The molecule has 0 aliphatic heterocycles. The monoisotopic (exact) mass is 396 g/mol. The highest BCUT2D eigenvalue weighted by atomic mass is 16.2. The predicted octanol–water partition coefficient (Wildman–Crippen LogP) is 3.75. The number of aryl methyl sites for hydroxylation is 1. The Morgan fingerprint density at radius 2 is 1.47 bits per heavy atom. The van der Waals surface area contributed by atoms with Crippen LogP contribution in [-0.4, -0.2) is 21.4 Å². The summed E-state index contributed by atoms with van der Waals surface area (Å²) in [4.78, 5) is 24.9. The summed E-state index contributed by atoms with van der Waals surface area (Å²) in [7, 11) is 1.52. The number of nitrogens with one attached hydrogen (secondary N) is 1. The van der Waals surface area contributed by atoms with Gasteiger partial charge in [-0.1, -0.05) is 72.8 Å². The summed E-state index contributed by atoms with van der Waals surface area (Å²) in [5.74, 6) is -0.470. The number of rotatable bonds is 4. The van der Waals surface area contributed by atoms with Crippen LogP contribution in [0.1, 0.15) is 23.0 Å². The molecule has 0 unspecified atom stereocenters. The molecule has 1 N–H and O–H groups in total. The molecule has 1 aromatic heterocycles. The topological polar surface area (TPSA) is 76.3 Å². The van der Waals surface area contributed by atoms with Crippen LogP contribution in [0, 0.1) is 0 Å². The zero-order valence-electron chi connectivity index (χ0n) is 16.7. The van der Waals surface area contributed by atoms with Gasteiger partial charge < -0.3 is 0 Å². The summed E-state index contributed by atoms with van der Waals surface area (Å²) >= 11 is 0. The second-order valence-electron chi connectivity index (χ2n) is 6.90. The summed E-state index contributed by atoms with van der Waals surface area (Å²) in [6.07, 6.45) is 0. The number of aromatic nitrogens is 2. The van der Waals surface area contributed by atoms with Crippen LogP contribution in [0.2, 0.25) is 0 Å². The van der Waals surface area contributed by atoms with E-state index in [1.807, 2.05) is 49.4 Å². The Balaban J connectivity index is 1.57. The quantitative estimate of drug-likeness (QED) is 0.422. The maximum absolute atomic E-state index is 12.7. The minimum absolute atomic E-state index is 0.156. The molecular formula is C24H20N4O2. The molecule has 0 saturated heterocycles. The van der Waals surface area contributed by atoms with Gasteiger partial charge in [0, 0.05) is 12.4 Å². The standard InChI is InChI=1S/C24H20N4O2/c1-16(17-12-14-19(15-13-17)18-8-4-3-5-9-18)25-26-23(29)22-20-10-6-7-11-21(20)24(30)28(2)27-22/h3-15H,1-2H3,(H,26,29).